The minimum absolute atomic E-state index is 0.0389. The largest absolute Gasteiger partial charge is 0.461 e. The van der Waals surface area contributed by atoms with E-state index in [1.54, 1.807) is 0 Å². The summed E-state index contributed by atoms with van der Waals surface area (Å²) < 4.78 is 213. The number of esters is 12. The van der Waals surface area contributed by atoms with E-state index in [1.165, 1.54) is 64.2 Å². The predicted octanol–water partition coefficient (Wildman–Crippen LogP) is 20.4. The van der Waals surface area contributed by atoms with Crippen LogP contribution < -0.4 is 0 Å². The van der Waals surface area contributed by atoms with Crippen molar-refractivity contribution in [3.63, 3.8) is 0 Å². The van der Waals surface area contributed by atoms with Crippen molar-refractivity contribution in [2.75, 3.05) is 39.6 Å². The van der Waals surface area contributed by atoms with Crippen LogP contribution in [0.25, 0.3) is 0 Å². The maximum atomic E-state index is 12.7. The average molecular weight is 2000 g/mol. The molecular weight excluding hydrogens is 1850 g/mol. The van der Waals surface area contributed by atoms with E-state index in [-0.39, 0.29) is 18.2 Å². The molecule has 24 bridgehead atoms. The molecule has 24 aliphatic carbocycles. The lowest BCUT2D eigenvalue weighted by Gasteiger charge is -2.59. The lowest BCUT2D eigenvalue weighted by molar-refractivity contribution is -0.209. The van der Waals surface area contributed by atoms with E-state index in [1.807, 2.05) is 34.6 Å². The van der Waals surface area contributed by atoms with E-state index in [0.717, 1.165) is 232 Å². The standard InChI is InChI=1S/C23H36F2O4.5C16H22F2O4/c1-22(18-12-16-11-17(14-18)15-19(22)13-16)29-20(26)9-7-5-3-4-6-8-10-28-21(27)23(2,24)25;5*1-15(22-13(19)8-21-14(20)16(2,17)18)11-4-9-3-10(6-11)7-12(15)5-9/h16-19H,3-15H2,1-2H3;5*9-12H,3-8H2,1-2H3. The van der Waals surface area contributed by atoms with Gasteiger partial charge in [-0.25, -0.2) is 52.7 Å². The third kappa shape index (κ3) is 26.2. The van der Waals surface area contributed by atoms with Crippen molar-refractivity contribution >= 4 is 71.6 Å². The van der Waals surface area contributed by atoms with Gasteiger partial charge in [0.25, 0.3) is 0 Å². The predicted molar refractivity (Wildman–Crippen MR) is 471 cm³/mol. The Kier molecular flexibility index (Phi) is 33.3. The van der Waals surface area contributed by atoms with Crippen molar-refractivity contribution in [1.82, 2.24) is 0 Å². The van der Waals surface area contributed by atoms with Crippen LogP contribution in [0.1, 0.15) is 321 Å². The molecule has 786 valence electrons. The van der Waals surface area contributed by atoms with Gasteiger partial charge in [0, 0.05) is 48.0 Å². The average Bonchev–Trinajstić information content (AvgIpc) is 0.756. The monoisotopic (exact) mass is 2000 g/mol. The summed E-state index contributed by atoms with van der Waals surface area (Å²) in [7, 11) is 0. The van der Waals surface area contributed by atoms with Gasteiger partial charge in [0.05, 0.1) is 6.61 Å². The van der Waals surface area contributed by atoms with E-state index in [9.17, 15) is 110 Å². The molecule has 0 radical (unpaired) electrons. The highest BCUT2D eigenvalue weighted by molar-refractivity contribution is 5.84. The lowest BCUT2D eigenvalue weighted by Crippen LogP contribution is -2.58. The molecule has 24 aliphatic rings. The molecule has 24 fully saturated rings. The van der Waals surface area contributed by atoms with Crippen molar-refractivity contribution in [3.8, 4) is 0 Å². The first-order valence-electron chi connectivity index (χ1n) is 51.2. The molecule has 0 aromatic heterocycles. The molecule has 0 aromatic carbocycles. The summed E-state index contributed by atoms with van der Waals surface area (Å²) >= 11 is 0. The fourth-order valence-electron chi connectivity index (χ4n) is 30.0. The minimum Gasteiger partial charge on any atom is -0.461 e. The van der Waals surface area contributed by atoms with Gasteiger partial charge in [-0.3, -0.25) is 4.79 Å². The van der Waals surface area contributed by atoms with Gasteiger partial charge in [-0.15, -0.1) is 0 Å². The molecular formula is C103H146F12O24. The number of hydrogen-bond acceptors (Lipinski definition) is 24. The third-order valence-electron chi connectivity index (χ3n) is 36.3. The van der Waals surface area contributed by atoms with Crippen molar-refractivity contribution in [2.24, 2.45) is 142 Å². The Hall–Kier alpha value is -7.20. The summed E-state index contributed by atoms with van der Waals surface area (Å²) in [6, 6.07) is 0. The van der Waals surface area contributed by atoms with Crippen molar-refractivity contribution < 1.29 is 167 Å². The molecule has 0 aliphatic heterocycles. The Morgan fingerprint density at radius 2 is 0.324 bits per heavy atom. The molecule has 139 heavy (non-hydrogen) atoms. The molecule has 24 nitrogen and oxygen atoms in total. The van der Waals surface area contributed by atoms with E-state index < -0.39 is 162 Å². The number of ether oxygens (including phenoxy) is 12. The van der Waals surface area contributed by atoms with E-state index in [0.29, 0.717) is 125 Å². The van der Waals surface area contributed by atoms with Crippen molar-refractivity contribution in [3.05, 3.63) is 0 Å². The number of alkyl halides is 12. The van der Waals surface area contributed by atoms with Gasteiger partial charge in [-0.2, -0.15) is 52.7 Å². The Morgan fingerprint density at radius 3 is 0.475 bits per heavy atom. The number of rotatable bonds is 31. The minimum atomic E-state index is -3.59. The molecule has 0 atom stereocenters. The zero-order valence-electron chi connectivity index (χ0n) is 82.6. The summed E-state index contributed by atoms with van der Waals surface area (Å²) in [5, 5.41) is 0. The first kappa shape index (κ1) is 109. The topological polar surface area (TPSA) is 316 Å². The van der Waals surface area contributed by atoms with Crippen molar-refractivity contribution in [2.45, 2.75) is 390 Å². The van der Waals surface area contributed by atoms with Crippen LogP contribution in [0.15, 0.2) is 0 Å². The maximum Gasteiger partial charge on any atom is 0.377 e. The molecule has 24 rings (SSSR count). The van der Waals surface area contributed by atoms with Gasteiger partial charge in [0.15, 0.2) is 33.0 Å². The quantitative estimate of drug-likeness (QED) is 0.0269. The number of carbonyl (C=O) groups excluding carboxylic acids is 12. The summed E-state index contributed by atoms with van der Waals surface area (Å²) in [5.74, 6) is -21.3. The van der Waals surface area contributed by atoms with Crippen LogP contribution in [-0.4, -0.2) is 180 Å². The summed E-state index contributed by atoms with van der Waals surface area (Å²) in [6.07, 6.45) is 39.9. The molecule has 0 unspecified atom stereocenters. The van der Waals surface area contributed by atoms with Crippen LogP contribution in [0.4, 0.5) is 52.7 Å². The SMILES string of the molecule is CC(F)(F)C(=O)OCC(=O)OC1(C)C2CC3CC(C2)CC1C3.CC(F)(F)C(=O)OCC(=O)OC1(C)C2CC3CC(C2)CC1C3.CC(F)(F)C(=O)OCC(=O)OC1(C)C2CC3CC(C2)CC1C3.CC(F)(F)C(=O)OCC(=O)OC1(C)C2CC3CC(C2)CC1C3.CC(F)(F)C(=O)OCC(=O)OC1(C)C2CC3CC(C2)CC1C3.CC(F)(F)C(=O)OCCCCCCCCC(=O)OC1(C)C2CC3CC(C2)CC1C3. The van der Waals surface area contributed by atoms with Gasteiger partial charge >= 0.3 is 107 Å². The Morgan fingerprint density at radius 1 is 0.194 bits per heavy atom. The summed E-state index contributed by atoms with van der Waals surface area (Å²) in [5.41, 5.74) is -2.92. The van der Waals surface area contributed by atoms with Crippen molar-refractivity contribution in [1.29, 1.82) is 0 Å². The van der Waals surface area contributed by atoms with E-state index >= 15 is 0 Å². The highest BCUT2D eigenvalue weighted by Gasteiger charge is 2.64. The molecule has 0 aromatic rings. The van der Waals surface area contributed by atoms with Gasteiger partial charge < -0.3 is 56.8 Å². The maximum absolute atomic E-state index is 12.7. The molecule has 0 heterocycles. The van der Waals surface area contributed by atoms with Gasteiger partial charge in [-0.05, 0) is 389 Å². The molecule has 0 N–H and O–H groups in total. The molecule has 0 amide bonds. The first-order valence-corrected chi connectivity index (χ1v) is 51.2. The highest BCUT2D eigenvalue weighted by atomic mass is 19.3. The van der Waals surface area contributed by atoms with Gasteiger partial charge in [-0.1, -0.05) is 25.7 Å². The molecule has 0 spiro atoms. The van der Waals surface area contributed by atoms with E-state index in [4.69, 9.17) is 28.4 Å². The first-order chi connectivity index (χ1) is 64.6. The number of hydrogen-bond donors (Lipinski definition) is 0. The Balaban J connectivity index is 0.000000141. The van der Waals surface area contributed by atoms with Gasteiger partial charge in [0.1, 0.15) is 33.6 Å². The van der Waals surface area contributed by atoms with E-state index in [2.05, 4.69) is 35.3 Å². The molecule has 0 saturated heterocycles. The Bertz CT molecular complexity index is 3720. The van der Waals surface area contributed by atoms with Crippen LogP contribution in [0.5, 0.6) is 0 Å². The fourth-order valence-corrected chi connectivity index (χ4v) is 30.0. The highest BCUT2D eigenvalue weighted by Crippen LogP contribution is 2.66. The molecule has 24 saturated carbocycles. The summed E-state index contributed by atoms with van der Waals surface area (Å²) in [6.45, 7) is 11.0. The smallest absolute Gasteiger partial charge is 0.377 e. The second-order valence-electron chi connectivity index (χ2n) is 47.0. The fraction of sp³-hybridized carbons (Fsp3) is 0.883. The Labute approximate surface area is 806 Å². The van der Waals surface area contributed by atoms with Crippen LogP contribution in [-0.2, 0) is 114 Å². The lowest BCUT2D eigenvalue weighted by atomic mass is 9.50. The summed E-state index contributed by atoms with van der Waals surface area (Å²) in [4.78, 5) is 138. The number of carbonyl (C=O) groups is 12. The zero-order valence-corrected chi connectivity index (χ0v) is 82.6. The second-order valence-corrected chi connectivity index (χ2v) is 47.0. The molecule has 36 heteroatoms. The number of halogens is 12. The third-order valence-corrected chi connectivity index (χ3v) is 36.3. The van der Waals surface area contributed by atoms with Crippen LogP contribution in [0, 0.1) is 142 Å². The van der Waals surface area contributed by atoms with Crippen LogP contribution >= 0.6 is 0 Å². The van der Waals surface area contributed by atoms with Crippen LogP contribution in [0.2, 0.25) is 0 Å². The van der Waals surface area contributed by atoms with Gasteiger partial charge in [0.2, 0.25) is 0 Å². The second kappa shape index (κ2) is 42.5. The van der Waals surface area contributed by atoms with Crippen LogP contribution in [0.3, 0.4) is 0 Å². The zero-order chi connectivity index (χ0) is 102. The number of unbranched alkanes of at least 4 members (excludes halogenated alkanes) is 5. The normalized spacial score (nSPS) is 38.2.